The molecule has 0 spiro atoms. The first kappa shape index (κ1) is 15.9. The number of carboxylic acids is 1. The highest BCUT2D eigenvalue weighted by atomic mass is 35.5. The zero-order valence-electron chi connectivity index (χ0n) is 12.1. The van der Waals surface area contributed by atoms with Crippen LogP contribution in [0.25, 0.3) is 0 Å². The molecule has 0 saturated carbocycles. The average Bonchev–Trinajstić information content (AvgIpc) is 2.40. The van der Waals surface area contributed by atoms with Gasteiger partial charge in [-0.2, -0.15) is 0 Å². The molecule has 2 rings (SSSR count). The summed E-state index contributed by atoms with van der Waals surface area (Å²) in [5.74, 6) is -0.955. The van der Waals surface area contributed by atoms with Crippen molar-refractivity contribution >= 4 is 29.3 Å². The third-order valence-corrected chi connectivity index (χ3v) is 4.30. The number of nitrogens with zero attached hydrogens (tertiary/aromatic N) is 1. The molecule has 1 heterocycles. The Morgan fingerprint density at radius 1 is 1.24 bits per heavy atom. The van der Waals surface area contributed by atoms with E-state index >= 15 is 0 Å². The highest BCUT2D eigenvalue weighted by Gasteiger charge is 2.19. The van der Waals surface area contributed by atoms with Gasteiger partial charge in [0.25, 0.3) is 0 Å². The van der Waals surface area contributed by atoms with Crippen molar-refractivity contribution in [1.82, 2.24) is 4.98 Å². The van der Waals surface area contributed by atoms with E-state index in [1.54, 1.807) is 18.2 Å². The predicted octanol–water partition coefficient (Wildman–Crippen LogP) is 4.88. The van der Waals surface area contributed by atoms with Gasteiger partial charge in [0, 0.05) is 16.0 Å². The molecule has 3 nitrogen and oxygen atoms in total. The summed E-state index contributed by atoms with van der Waals surface area (Å²) in [7, 11) is 0. The molecule has 0 aliphatic heterocycles. The van der Waals surface area contributed by atoms with E-state index in [9.17, 15) is 9.90 Å². The molecule has 0 radical (unpaired) electrons. The normalized spacial score (nSPS) is 11.4. The monoisotopic (exact) mass is 321 g/mol. The summed E-state index contributed by atoms with van der Waals surface area (Å²) >= 11 is 7.51. The maximum atomic E-state index is 11.3. The Balaban J connectivity index is 2.46. The summed E-state index contributed by atoms with van der Waals surface area (Å²) in [6.45, 7) is 6.01. The fourth-order valence-corrected chi connectivity index (χ4v) is 2.82. The van der Waals surface area contributed by atoms with E-state index < -0.39 is 5.97 Å². The van der Waals surface area contributed by atoms with Gasteiger partial charge in [0.2, 0.25) is 0 Å². The second-order valence-electron chi connectivity index (χ2n) is 5.67. The molecule has 5 heteroatoms. The highest BCUT2D eigenvalue weighted by Crippen LogP contribution is 2.34. The first-order chi connectivity index (χ1) is 9.77. The van der Waals surface area contributed by atoms with Crippen LogP contribution in [0.2, 0.25) is 5.02 Å². The second kappa shape index (κ2) is 6.08. The van der Waals surface area contributed by atoms with Gasteiger partial charge in [0.05, 0.1) is 10.6 Å². The van der Waals surface area contributed by atoms with Crippen LogP contribution in [0.5, 0.6) is 0 Å². The number of benzene rings is 1. The molecule has 0 saturated heterocycles. The summed E-state index contributed by atoms with van der Waals surface area (Å²) in [5, 5.41) is 10.5. The van der Waals surface area contributed by atoms with Crippen molar-refractivity contribution in [2.24, 2.45) is 0 Å². The molecule has 0 aliphatic rings. The smallest absolute Gasteiger partial charge is 0.335 e. The third-order valence-electron chi connectivity index (χ3n) is 2.87. The van der Waals surface area contributed by atoms with E-state index in [4.69, 9.17) is 11.6 Å². The summed E-state index contributed by atoms with van der Waals surface area (Å²) in [6, 6.07) is 10.6. The van der Waals surface area contributed by atoms with Crippen molar-refractivity contribution in [2.45, 2.75) is 36.1 Å². The number of aromatic carboxylic acids is 1. The van der Waals surface area contributed by atoms with Crippen LogP contribution in [0.1, 0.15) is 36.8 Å². The lowest BCUT2D eigenvalue weighted by Crippen LogP contribution is -2.15. The van der Waals surface area contributed by atoms with Crippen molar-refractivity contribution < 1.29 is 9.90 Å². The quantitative estimate of drug-likeness (QED) is 0.875. The minimum absolute atomic E-state index is 0.221. The van der Waals surface area contributed by atoms with Crippen LogP contribution in [0, 0.1) is 0 Å². The van der Waals surface area contributed by atoms with Gasteiger partial charge in [0.1, 0.15) is 5.03 Å². The highest BCUT2D eigenvalue weighted by molar-refractivity contribution is 7.99. The van der Waals surface area contributed by atoms with E-state index in [0.717, 1.165) is 10.6 Å². The number of carbonyl (C=O) groups is 1. The van der Waals surface area contributed by atoms with Crippen molar-refractivity contribution in [1.29, 1.82) is 0 Å². The van der Waals surface area contributed by atoms with Gasteiger partial charge in [-0.25, -0.2) is 9.78 Å². The lowest BCUT2D eigenvalue weighted by Gasteiger charge is -2.19. The largest absolute Gasteiger partial charge is 0.478 e. The molecule has 21 heavy (non-hydrogen) atoms. The molecule has 0 aliphatic carbocycles. The number of hydrogen-bond acceptors (Lipinski definition) is 3. The molecule has 0 atom stereocenters. The van der Waals surface area contributed by atoms with Crippen molar-refractivity contribution in [3.63, 3.8) is 0 Å². The molecule has 1 aromatic carbocycles. The predicted molar refractivity (Wildman–Crippen MR) is 85.5 cm³/mol. The Morgan fingerprint density at radius 2 is 1.90 bits per heavy atom. The van der Waals surface area contributed by atoms with Crippen LogP contribution in [0.15, 0.2) is 46.3 Å². The number of halogens is 1. The van der Waals surface area contributed by atoms with Crippen LogP contribution in [-0.2, 0) is 5.41 Å². The van der Waals surface area contributed by atoms with Crippen molar-refractivity contribution in [3.05, 3.63) is 52.7 Å². The van der Waals surface area contributed by atoms with E-state index in [-0.39, 0.29) is 11.0 Å². The first-order valence-electron chi connectivity index (χ1n) is 6.45. The lowest BCUT2D eigenvalue weighted by atomic mass is 9.91. The second-order valence-corrected chi connectivity index (χ2v) is 7.14. The Labute approximate surface area is 133 Å². The van der Waals surface area contributed by atoms with Gasteiger partial charge in [-0.1, -0.05) is 56.3 Å². The molecule has 0 unspecified atom stereocenters. The van der Waals surface area contributed by atoms with Gasteiger partial charge >= 0.3 is 5.97 Å². The maximum Gasteiger partial charge on any atom is 0.335 e. The standard InChI is InChI=1S/C16H16ClNO2S/c1-16(2,3)13-8-10(15(19)20)9-14(18-13)21-12-7-5-4-6-11(12)17/h4-9H,1-3H3,(H,19,20). The molecule has 0 amide bonds. The summed E-state index contributed by atoms with van der Waals surface area (Å²) in [5.41, 5.74) is 0.766. The SMILES string of the molecule is CC(C)(C)c1cc(C(=O)O)cc(Sc2ccccc2Cl)n1. The summed E-state index contributed by atoms with van der Waals surface area (Å²) in [4.78, 5) is 16.7. The molecule has 2 aromatic rings. The Kier molecular flexibility index (Phi) is 4.59. The molecule has 0 bridgehead atoms. The van der Waals surface area contributed by atoms with Crippen LogP contribution < -0.4 is 0 Å². The zero-order valence-corrected chi connectivity index (χ0v) is 13.6. The Morgan fingerprint density at radius 3 is 2.48 bits per heavy atom. The van der Waals surface area contributed by atoms with E-state index in [2.05, 4.69) is 4.98 Å². The fraction of sp³-hybridized carbons (Fsp3) is 0.250. The van der Waals surface area contributed by atoms with Gasteiger partial charge in [0.15, 0.2) is 0 Å². The van der Waals surface area contributed by atoms with Crippen molar-refractivity contribution in [2.75, 3.05) is 0 Å². The summed E-state index contributed by atoms with van der Waals surface area (Å²) < 4.78 is 0. The van der Waals surface area contributed by atoms with Crippen LogP contribution in [-0.4, -0.2) is 16.1 Å². The molecule has 110 valence electrons. The number of pyridine rings is 1. The van der Waals surface area contributed by atoms with Gasteiger partial charge < -0.3 is 5.11 Å². The average molecular weight is 322 g/mol. The van der Waals surface area contributed by atoms with E-state index in [0.29, 0.717) is 10.0 Å². The molecule has 1 N–H and O–H groups in total. The van der Waals surface area contributed by atoms with E-state index in [1.165, 1.54) is 11.8 Å². The fourth-order valence-electron chi connectivity index (χ4n) is 1.71. The Bertz CT molecular complexity index is 680. The topological polar surface area (TPSA) is 50.2 Å². The molecular formula is C16H16ClNO2S. The Hall–Kier alpha value is -1.52. The maximum absolute atomic E-state index is 11.3. The third kappa shape index (κ3) is 3.99. The number of aromatic nitrogens is 1. The van der Waals surface area contributed by atoms with Gasteiger partial charge in [-0.3, -0.25) is 0 Å². The van der Waals surface area contributed by atoms with Gasteiger partial charge in [-0.05, 0) is 24.3 Å². The van der Waals surface area contributed by atoms with Crippen LogP contribution in [0.4, 0.5) is 0 Å². The zero-order chi connectivity index (χ0) is 15.6. The number of hydrogen-bond donors (Lipinski definition) is 1. The van der Waals surface area contributed by atoms with Crippen molar-refractivity contribution in [3.8, 4) is 0 Å². The minimum atomic E-state index is -0.955. The van der Waals surface area contributed by atoms with Gasteiger partial charge in [-0.15, -0.1) is 0 Å². The number of rotatable bonds is 3. The molecule has 0 fully saturated rings. The lowest BCUT2D eigenvalue weighted by molar-refractivity contribution is 0.0696. The van der Waals surface area contributed by atoms with E-state index in [1.807, 2.05) is 39.0 Å². The minimum Gasteiger partial charge on any atom is -0.478 e. The first-order valence-corrected chi connectivity index (χ1v) is 7.65. The van der Waals surface area contributed by atoms with Crippen LogP contribution >= 0.6 is 23.4 Å². The van der Waals surface area contributed by atoms with Crippen LogP contribution in [0.3, 0.4) is 0 Å². The molecule has 1 aromatic heterocycles. The summed E-state index contributed by atoms with van der Waals surface area (Å²) in [6.07, 6.45) is 0. The number of carboxylic acid groups (broad SMARTS) is 1. The molecular weight excluding hydrogens is 306 g/mol.